The lowest BCUT2D eigenvalue weighted by atomic mass is 10.1. The minimum atomic E-state index is -0.941. The number of benzene rings is 1. The summed E-state index contributed by atoms with van der Waals surface area (Å²) in [4.78, 5) is 28.2. The molecule has 6 nitrogen and oxygen atoms in total. The van der Waals surface area contributed by atoms with Crippen LogP contribution in [0.3, 0.4) is 0 Å². The number of nitrogens with zero attached hydrogens (tertiary/aromatic N) is 2. The number of amides is 3. The van der Waals surface area contributed by atoms with E-state index in [1.165, 1.54) is 11.8 Å². The molecular formula is C16H21N3O3S. The van der Waals surface area contributed by atoms with Gasteiger partial charge in [-0.25, -0.2) is 4.79 Å². The number of fused-ring (bicyclic) bond motifs is 2. The molecule has 23 heavy (non-hydrogen) atoms. The van der Waals surface area contributed by atoms with E-state index in [4.69, 9.17) is 4.74 Å². The van der Waals surface area contributed by atoms with Crippen LogP contribution in [-0.2, 0) is 14.4 Å². The Kier molecular flexibility index (Phi) is 4.50. The molecule has 2 heterocycles. The van der Waals surface area contributed by atoms with Gasteiger partial charge in [0.1, 0.15) is 0 Å². The van der Waals surface area contributed by atoms with Gasteiger partial charge >= 0.3 is 6.03 Å². The standard InChI is InChI=1S/C16H21N3O3S/c1-3-17-15(21)19-9-11-23-16(19)12-6-4-5-7-13(12)18(14(16)20)8-10-22-2/h4-7H,3,8-11H2,1-2H3,(H,17,21). The third-order valence-corrected chi connectivity index (χ3v) is 5.61. The van der Waals surface area contributed by atoms with Gasteiger partial charge in [-0.2, -0.15) is 0 Å². The molecule has 1 saturated heterocycles. The number of para-hydroxylation sites is 1. The topological polar surface area (TPSA) is 61.9 Å². The molecule has 3 amide bonds. The smallest absolute Gasteiger partial charge is 0.319 e. The van der Waals surface area contributed by atoms with Gasteiger partial charge in [0, 0.05) is 38.1 Å². The minimum Gasteiger partial charge on any atom is -0.383 e. The van der Waals surface area contributed by atoms with Crippen molar-refractivity contribution in [2.24, 2.45) is 0 Å². The van der Waals surface area contributed by atoms with Crippen molar-refractivity contribution in [2.45, 2.75) is 11.8 Å². The van der Waals surface area contributed by atoms with Gasteiger partial charge in [0.15, 0.2) is 4.87 Å². The fraction of sp³-hybridized carbons (Fsp3) is 0.500. The molecule has 2 aliphatic heterocycles. The summed E-state index contributed by atoms with van der Waals surface area (Å²) in [5.41, 5.74) is 1.77. The van der Waals surface area contributed by atoms with Crippen molar-refractivity contribution < 1.29 is 14.3 Å². The maximum atomic E-state index is 13.2. The van der Waals surface area contributed by atoms with Crippen LogP contribution < -0.4 is 10.2 Å². The van der Waals surface area contributed by atoms with Crippen LogP contribution in [0.4, 0.5) is 10.5 Å². The molecular weight excluding hydrogens is 314 g/mol. The van der Waals surface area contributed by atoms with Crippen molar-refractivity contribution in [1.82, 2.24) is 10.2 Å². The van der Waals surface area contributed by atoms with Crippen LogP contribution in [0.25, 0.3) is 0 Å². The lowest BCUT2D eigenvalue weighted by molar-refractivity contribution is -0.123. The largest absolute Gasteiger partial charge is 0.383 e. The molecule has 1 aromatic rings. The van der Waals surface area contributed by atoms with Gasteiger partial charge in [-0.1, -0.05) is 18.2 Å². The van der Waals surface area contributed by atoms with E-state index in [9.17, 15) is 9.59 Å². The molecule has 0 radical (unpaired) electrons. The van der Waals surface area contributed by atoms with Gasteiger partial charge in [0.05, 0.1) is 12.3 Å². The second-order valence-corrected chi connectivity index (χ2v) is 6.73. The van der Waals surface area contributed by atoms with Crippen molar-refractivity contribution in [1.29, 1.82) is 0 Å². The fourth-order valence-electron chi connectivity index (χ4n) is 3.22. The normalized spacial score (nSPS) is 22.8. The summed E-state index contributed by atoms with van der Waals surface area (Å²) in [6.45, 7) is 3.93. The Morgan fingerprint density at radius 1 is 1.43 bits per heavy atom. The Morgan fingerprint density at radius 3 is 2.96 bits per heavy atom. The van der Waals surface area contributed by atoms with Gasteiger partial charge in [-0.15, -0.1) is 11.8 Å². The van der Waals surface area contributed by atoms with Crippen molar-refractivity contribution in [3.8, 4) is 0 Å². The molecule has 0 bridgehead atoms. The second kappa shape index (κ2) is 6.41. The highest BCUT2D eigenvalue weighted by Gasteiger charge is 2.59. The maximum Gasteiger partial charge on any atom is 0.319 e. The fourth-order valence-corrected chi connectivity index (χ4v) is 4.68. The quantitative estimate of drug-likeness (QED) is 0.908. The summed E-state index contributed by atoms with van der Waals surface area (Å²) in [7, 11) is 1.62. The first-order valence-electron chi connectivity index (χ1n) is 7.76. The number of rotatable bonds is 4. The van der Waals surface area contributed by atoms with Gasteiger partial charge in [0.25, 0.3) is 5.91 Å². The van der Waals surface area contributed by atoms with Gasteiger partial charge < -0.3 is 15.0 Å². The molecule has 1 N–H and O–H groups in total. The molecule has 1 spiro atoms. The maximum absolute atomic E-state index is 13.2. The molecule has 1 fully saturated rings. The molecule has 1 atom stereocenters. The zero-order valence-electron chi connectivity index (χ0n) is 13.4. The van der Waals surface area contributed by atoms with E-state index < -0.39 is 4.87 Å². The van der Waals surface area contributed by atoms with Crippen molar-refractivity contribution in [3.63, 3.8) is 0 Å². The molecule has 3 rings (SSSR count). The number of hydrogen-bond donors (Lipinski definition) is 1. The molecule has 0 aromatic heterocycles. The molecule has 1 aromatic carbocycles. The number of ether oxygens (including phenoxy) is 1. The van der Waals surface area contributed by atoms with Crippen molar-refractivity contribution >= 4 is 29.4 Å². The van der Waals surface area contributed by atoms with Crippen LogP contribution in [0.2, 0.25) is 0 Å². The predicted molar refractivity (Wildman–Crippen MR) is 90.6 cm³/mol. The van der Waals surface area contributed by atoms with Crippen molar-refractivity contribution in [2.75, 3.05) is 44.0 Å². The molecule has 1 unspecified atom stereocenters. The van der Waals surface area contributed by atoms with E-state index in [1.807, 2.05) is 31.2 Å². The third kappa shape index (κ3) is 2.38. The van der Waals surface area contributed by atoms with E-state index in [0.717, 1.165) is 17.0 Å². The molecule has 0 saturated carbocycles. The van der Waals surface area contributed by atoms with Crippen LogP contribution in [0.1, 0.15) is 12.5 Å². The van der Waals surface area contributed by atoms with Crippen LogP contribution in [0.15, 0.2) is 24.3 Å². The van der Waals surface area contributed by atoms with Gasteiger partial charge in [-0.05, 0) is 13.0 Å². The Hall–Kier alpha value is -1.73. The number of carbonyl (C=O) groups excluding carboxylic acids is 2. The van der Waals surface area contributed by atoms with E-state index >= 15 is 0 Å². The zero-order valence-corrected chi connectivity index (χ0v) is 14.2. The van der Waals surface area contributed by atoms with Crippen LogP contribution in [-0.4, -0.2) is 55.9 Å². The number of nitrogens with one attached hydrogen (secondary N) is 1. The molecule has 7 heteroatoms. The summed E-state index contributed by atoms with van der Waals surface area (Å²) in [6.07, 6.45) is 0. The number of carbonyl (C=O) groups is 2. The number of thioether (sulfide) groups is 1. The first-order valence-corrected chi connectivity index (χ1v) is 8.75. The monoisotopic (exact) mass is 335 g/mol. The Bertz CT molecular complexity index is 624. The number of urea groups is 1. The average Bonchev–Trinajstić information content (AvgIpc) is 3.10. The van der Waals surface area contributed by atoms with E-state index in [2.05, 4.69) is 5.32 Å². The summed E-state index contributed by atoms with van der Waals surface area (Å²) < 4.78 is 5.14. The first kappa shape index (κ1) is 16.1. The highest BCUT2D eigenvalue weighted by molar-refractivity contribution is 8.01. The summed E-state index contributed by atoms with van der Waals surface area (Å²) in [6, 6.07) is 7.54. The average molecular weight is 335 g/mol. The van der Waals surface area contributed by atoms with E-state index in [1.54, 1.807) is 16.9 Å². The Labute approximate surface area is 140 Å². The highest BCUT2D eigenvalue weighted by atomic mass is 32.2. The van der Waals surface area contributed by atoms with Crippen molar-refractivity contribution in [3.05, 3.63) is 29.8 Å². The lowest BCUT2D eigenvalue weighted by Gasteiger charge is -2.33. The van der Waals surface area contributed by atoms with Crippen LogP contribution in [0, 0.1) is 0 Å². The van der Waals surface area contributed by atoms with E-state index in [-0.39, 0.29) is 11.9 Å². The summed E-state index contributed by atoms with van der Waals surface area (Å²) >= 11 is 1.54. The second-order valence-electron chi connectivity index (χ2n) is 5.45. The minimum absolute atomic E-state index is 0.0514. The number of methoxy groups -OCH3 is 1. The summed E-state index contributed by atoms with van der Waals surface area (Å²) in [5.74, 6) is 0.694. The summed E-state index contributed by atoms with van der Waals surface area (Å²) in [5, 5.41) is 2.83. The lowest BCUT2D eigenvalue weighted by Crippen LogP contribution is -2.53. The SMILES string of the molecule is CCNC(=O)N1CCSC12C(=O)N(CCOC)c1ccccc12. The predicted octanol–water partition coefficient (Wildman–Crippen LogP) is 1.61. The van der Waals surface area contributed by atoms with E-state index in [0.29, 0.717) is 26.2 Å². The third-order valence-electron chi connectivity index (χ3n) is 4.19. The van der Waals surface area contributed by atoms with Gasteiger partial charge in [-0.3, -0.25) is 9.69 Å². The zero-order chi connectivity index (χ0) is 16.4. The highest BCUT2D eigenvalue weighted by Crippen LogP contribution is 2.53. The molecule has 0 aliphatic carbocycles. The molecule has 2 aliphatic rings. The number of hydrogen-bond acceptors (Lipinski definition) is 4. The first-order chi connectivity index (χ1) is 11.2. The number of anilines is 1. The Balaban J connectivity index is 2.04. The molecule has 124 valence electrons. The van der Waals surface area contributed by atoms with Crippen LogP contribution >= 0.6 is 11.8 Å². The van der Waals surface area contributed by atoms with Crippen LogP contribution in [0.5, 0.6) is 0 Å². The Morgan fingerprint density at radius 2 is 2.22 bits per heavy atom. The van der Waals surface area contributed by atoms with Gasteiger partial charge in [0.2, 0.25) is 0 Å².